The summed E-state index contributed by atoms with van der Waals surface area (Å²) in [5.41, 5.74) is 1.66. The fourth-order valence-corrected chi connectivity index (χ4v) is 4.38. The number of aliphatic imine (C=N–C) groups is 1. The second-order valence-electron chi connectivity index (χ2n) is 6.75. The minimum absolute atomic E-state index is 0.287. The zero-order valence-corrected chi connectivity index (χ0v) is 16.9. The average Bonchev–Trinajstić information content (AvgIpc) is 3.09. The first-order valence-corrected chi connectivity index (χ1v) is 10.4. The number of nitrogens with zero attached hydrogens (tertiary/aromatic N) is 2. The third-order valence-electron chi connectivity index (χ3n) is 4.46. The number of rotatable bonds is 7. The Balaban J connectivity index is 1.83. The minimum Gasteiger partial charge on any atom is -0.381 e. The summed E-state index contributed by atoms with van der Waals surface area (Å²) in [7, 11) is 0.190. The van der Waals surface area contributed by atoms with Crippen LogP contribution in [0.3, 0.4) is 0 Å². The summed E-state index contributed by atoms with van der Waals surface area (Å²) in [6.45, 7) is 6.91. The molecule has 0 spiro atoms. The third kappa shape index (κ3) is 5.69. The summed E-state index contributed by atoms with van der Waals surface area (Å²) >= 11 is 0. The fourth-order valence-electron chi connectivity index (χ4n) is 3.02. The van der Waals surface area contributed by atoms with Crippen molar-refractivity contribution in [1.29, 1.82) is 0 Å². The van der Waals surface area contributed by atoms with Gasteiger partial charge in [-0.15, -0.1) is 0 Å². The van der Waals surface area contributed by atoms with Crippen molar-refractivity contribution >= 4 is 16.0 Å². The molecule has 146 valence electrons. The number of guanidine groups is 1. The van der Waals surface area contributed by atoms with Crippen LogP contribution in [0.1, 0.15) is 17.5 Å². The molecule has 0 saturated carbocycles. The Kier molecular flexibility index (Phi) is 7.43. The normalized spacial score (nSPS) is 18.2. The highest BCUT2D eigenvalue weighted by molar-refractivity contribution is 7.89. The number of ether oxygens (including phenoxy) is 1. The largest absolute Gasteiger partial charge is 0.381 e. The van der Waals surface area contributed by atoms with E-state index in [1.165, 1.54) is 0 Å². The van der Waals surface area contributed by atoms with E-state index < -0.39 is 10.0 Å². The summed E-state index contributed by atoms with van der Waals surface area (Å²) < 4.78 is 33.0. The fraction of sp³-hybridized carbons (Fsp3) is 0.611. The van der Waals surface area contributed by atoms with Crippen molar-refractivity contribution in [2.45, 2.75) is 25.2 Å². The molecule has 0 aromatic heterocycles. The van der Waals surface area contributed by atoms with Crippen LogP contribution in [0.15, 0.2) is 28.1 Å². The highest BCUT2D eigenvalue weighted by Gasteiger charge is 2.19. The van der Waals surface area contributed by atoms with Gasteiger partial charge in [0, 0.05) is 46.3 Å². The molecule has 8 heteroatoms. The Morgan fingerprint density at radius 1 is 1.35 bits per heavy atom. The van der Waals surface area contributed by atoms with Crippen LogP contribution in [0, 0.1) is 19.8 Å². The standard InChI is InChI=1S/C18H30N4O3S/c1-14-5-6-15(2)17(11-14)26(23,24)21-9-8-20-18(19-3)22(4)12-16-7-10-25-13-16/h5-6,11,16,21H,7-10,12-13H2,1-4H3,(H,19,20). The molecule has 0 aliphatic carbocycles. The maximum atomic E-state index is 12.5. The van der Waals surface area contributed by atoms with Crippen LogP contribution in [0.4, 0.5) is 0 Å². The smallest absolute Gasteiger partial charge is 0.240 e. The van der Waals surface area contributed by atoms with Crippen LogP contribution in [0.5, 0.6) is 0 Å². The predicted molar refractivity (Wildman–Crippen MR) is 104 cm³/mol. The van der Waals surface area contributed by atoms with Gasteiger partial charge in [-0.3, -0.25) is 4.99 Å². The van der Waals surface area contributed by atoms with E-state index in [2.05, 4.69) is 19.9 Å². The lowest BCUT2D eigenvalue weighted by Crippen LogP contribution is -2.44. The molecule has 1 aliphatic heterocycles. The lowest BCUT2D eigenvalue weighted by molar-refractivity contribution is 0.181. The van der Waals surface area contributed by atoms with Crippen LogP contribution in [0.25, 0.3) is 0 Å². The van der Waals surface area contributed by atoms with Crippen LogP contribution in [-0.4, -0.2) is 66.2 Å². The molecule has 2 N–H and O–H groups in total. The molecule has 0 bridgehead atoms. The molecule has 1 fully saturated rings. The van der Waals surface area contributed by atoms with E-state index >= 15 is 0 Å². The van der Waals surface area contributed by atoms with Crippen molar-refractivity contribution in [2.75, 3.05) is 46.9 Å². The zero-order valence-electron chi connectivity index (χ0n) is 16.1. The van der Waals surface area contributed by atoms with Gasteiger partial charge in [0.2, 0.25) is 10.0 Å². The van der Waals surface area contributed by atoms with Gasteiger partial charge in [-0.2, -0.15) is 0 Å². The number of nitrogens with one attached hydrogen (secondary N) is 2. The van der Waals surface area contributed by atoms with Crippen LogP contribution >= 0.6 is 0 Å². The van der Waals surface area contributed by atoms with Gasteiger partial charge in [-0.25, -0.2) is 13.1 Å². The molecule has 1 atom stereocenters. The summed E-state index contributed by atoms with van der Waals surface area (Å²) in [4.78, 5) is 6.65. The summed E-state index contributed by atoms with van der Waals surface area (Å²) in [5.74, 6) is 1.27. The van der Waals surface area contributed by atoms with Crippen molar-refractivity contribution in [3.05, 3.63) is 29.3 Å². The van der Waals surface area contributed by atoms with E-state index in [-0.39, 0.29) is 6.54 Å². The van der Waals surface area contributed by atoms with Crippen LogP contribution < -0.4 is 10.0 Å². The van der Waals surface area contributed by atoms with E-state index in [4.69, 9.17) is 4.74 Å². The lowest BCUT2D eigenvalue weighted by Gasteiger charge is -2.24. The molecule has 1 heterocycles. The first-order chi connectivity index (χ1) is 12.3. The van der Waals surface area contributed by atoms with E-state index in [1.54, 1.807) is 20.0 Å². The number of hydrogen-bond acceptors (Lipinski definition) is 4. The molecule has 1 saturated heterocycles. The van der Waals surface area contributed by atoms with Gasteiger partial charge in [0.1, 0.15) is 0 Å². The molecule has 26 heavy (non-hydrogen) atoms. The number of aryl methyl sites for hydroxylation is 2. The van der Waals surface area contributed by atoms with Crippen molar-refractivity contribution in [3.63, 3.8) is 0 Å². The van der Waals surface area contributed by atoms with Crippen molar-refractivity contribution < 1.29 is 13.2 Å². The highest BCUT2D eigenvalue weighted by Crippen LogP contribution is 2.16. The quantitative estimate of drug-likeness (QED) is 0.420. The Morgan fingerprint density at radius 3 is 2.77 bits per heavy atom. The summed E-state index contributed by atoms with van der Waals surface area (Å²) in [6.07, 6.45) is 1.07. The Bertz CT molecular complexity index is 728. The van der Waals surface area contributed by atoms with Gasteiger partial charge in [0.15, 0.2) is 5.96 Å². The Morgan fingerprint density at radius 2 is 2.12 bits per heavy atom. The van der Waals surface area contributed by atoms with E-state index in [0.29, 0.717) is 17.4 Å². The van der Waals surface area contributed by atoms with E-state index in [9.17, 15) is 8.42 Å². The summed E-state index contributed by atoms with van der Waals surface area (Å²) in [5, 5.41) is 3.20. The molecule has 2 rings (SSSR count). The molecule has 1 aromatic rings. The Hall–Kier alpha value is -1.64. The first-order valence-electron chi connectivity index (χ1n) is 8.90. The maximum Gasteiger partial charge on any atom is 0.240 e. The highest BCUT2D eigenvalue weighted by atomic mass is 32.2. The molecule has 1 aromatic carbocycles. The maximum absolute atomic E-state index is 12.5. The molecule has 1 unspecified atom stereocenters. The van der Waals surface area contributed by atoms with Crippen LogP contribution in [0.2, 0.25) is 0 Å². The third-order valence-corrected chi connectivity index (χ3v) is 6.07. The predicted octanol–water partition coefficient (Wildman–Crippen LogP) is 1.13. The molecular formula is C18H30N4O3S. The number of benzene rings is 1. The van der Waals surface area contributed by atoms with Crippen molar-refractivity contribution in [1.82, 2.24) is 14.9 Å². The molecule has 0 radical (unpaired) electrons. The van der Waals surface area contributed by atoms with Gasteiger partial charge >= 0.3 is 0 Å². The van der Waals surface area contributed by atoms with E-state index in [1.807, 2.05) is 26.1 Å². The molecular weight excluding hydrogens is 352 g/mol. The second-order valence-corrected chi connectivity index (χ2v) is 8.49. The topological polar surface area (TPSA) is 83.0 Å². The van der Waals surface area contributed by atoms with Gasteiger partial charge in [-0.1, -0.05) is 12.1 Å². The van der Waals surface area contributed by atoms with Crippen molar-refractivity contribution in [2.24, 2.45) is 10.9 Å². The van der Waals surface area contributed by atoms with E-state index in [0.717, 1.165) is 43.3 Å². The average molecular weight is 383 g/mol. The monoisotopic (exact) mass is 382 g/mol. The van der Waals surface area contributed by atoms with Crippen LogP contribution in [-0.2, 0) is 14.8 Å². The second kappa shape index (κ2) is 9.34. The first kappa shape index (κ1) is 20.7. The SMILES string of the molecule is CN=C(NCCNS(=O)(=O)c1cc(C)ccc1C)N(C)CC1CCOC1. The van der Waals surface area contributed by atoms with Gasteiger partial charge < -0.3 is 15.0 Å². The van der Waals surface area contributed by atoms with Crippen molar-refractivity contribution in [3.8, 4) is 0 Å². The van der Waals surface area contributed by atoms with Gasteiger partial charge in [0.25, 0.3) is 0 Å². The number of hydrogen-bond donors (Lipinski definition) is 2. The molecule has 7 nitrogen and oxygen atoms in total. The molecule has 0 amide bonds. The van der Waals surface area contributed by atoms with Gasteiger partial charge in [-0.05, 0) is 37.5 Å². The lowest BCUT2D eigenvalue weighted by atomic mass is 10.1. The zero-order chi connectivity index (χ0) is 19.2. The Labute approximate surface area is 156 Å². The molecule has 1 aliphatic rings. The number of sulfonamides is 1. The summed E-state index contributed by atoms with van der Waals surface area (Å²) in [6, 6.07) is 5.43. The van der Waals surface area contributed by atoms with Gasteiger partial charge in [0.05, 0.1) is 11.5 Å². The minimum atomic E-state index is -3.52.